The van der Waals surface area contributed by atoms with Gasteiger partial charge in [0, 0.05) is 12.1 Å². The summed E-state index contributed by atoms with van der Waals surface area (Å²) in [4.78, 5) is 11.8. The Hall–Kier alpha value is -2.64. The lowest BCUT2D eigenvalue weighted by atomic mass is 10.0. The molecular formula is C21H24FNO5. The van der Waals surface area contributed by atoms with Crippen molar-refractivity contribution in [2.24, 2.45) is 5.92 Å². The third kappa shape index (κ3) is 5.94. The number of amides is 1. The Kier molecular flexibility index (Phi) is 6.84. The zero-order valence-electron chi connectivity index (χ0n) is 15.4. The van der Waals surface area contributed by atoms with Gasteiger partial charge < -0.3 is 25.0 Å². The summed E-state index contributed by atoms with van der Waals surface area (Å²) in [6.07, 6.45) is -1.30. The third-order valence-electron chi connectivity index (χ3n) is 4.49. The lowest BCUT2D eigenvalue weighted by molar-refractivity contribution is 0.0165. The van der Waals surface area contributed by atoms with E-state index in [4.69, 9.17) is 9.47 Å². The van der Waals surface area contributed by atoms with E-state index in [1.165, 1.54) is 12.1 Å². The summed E-state index contributed by atoms with van der Waals surface area (Å²) in [5.74, 6) is 0.266. The van der Waals surface area contributed by atoms with Crippen molar-refractivity contribution in [2.75, 3.05) is 13.2 Å². The summed E-state index contributed by atoms with van der Waals surface area (Å²) < 4.78 is 24.3. The molecule has 2 unspecified atom stereocenters. The number of carbonyl (C=O) groups excluding carboxylic acids is 1. The number of ether oxygens (including phenoxy) is 2. The van der Waals surface area contributed by atoms with Crippen molar-refractivity contribution in [3.05, 3.63) is 65.5 Å². The van der Waals surface area contributed by atoms with Gasteiger partial charge in [-0.15, -0.1) is 0 Å². The lowest BCUT2D eigenvalue weighted by Crippen LogP contribution is -2.36. The molecule has 0 saturated heterocycles. The monoisotopic (exact) mass is 389 g/mol. The van der Waals surface area contributed by atoms with Gasteiger partial charge in [0.05, 0.1) is 6.61 Å². The molecule has 1 aliphatic rings. The molecule has 1 fully saturated rings. The summed E-state index contributed by atoms with van der Waals surface area (Å²) >= 11 is 0. The molecule has 0 spiro atoms. The average molecular weight is 389 g/mol. The number of benzene rings is 2. The molecule has 2 atom stereocenters. The van der Waals surface area contributed by atoms with Gasteiger partial charge in [-0.05, 0) is 42.5 Å². The summed E-state index contributed by atoms with van der Waals surface area (Å²) in [6.45, 7) is 0.327. The Morgan fingerprint density at radius 2 is 1.93 bits per heavy atom. The first-order chi connectivity index (χ1) is 13.5. The maximum atomic E-state index is 13.6. The van der Waals surface area contributed by atoms with E-state index in [9.17, 15) is 19.4 Å². The number of rotatable bonds is 9. The predicted molar refractivity (Wildman–Crippen MR) is 100 cm³/mol. The maximum absolute atomic E-state index is 13.6. The van der Waals surface area contributed by atoms with Gasteiger partial charge in [-0.3, -0.25) is 0 Å². The molecule has 1 saturated carbocycles. The fourth-order valence-electron chi connectivity index (χ4n) is 2.65. The molecule has 0 bridgehead atoms. The summed E-state index contributed by atoms with van der Waals surface area (Å²) in [5.41, 5.74) is 0.975. The minimum Gasteiger partial charge on any atom is -0.493 e. The zero-order chi connectivity index (χ0) is 19.9. The number of aliphatic hydroxyl groups is 2. The first-order valence-electron chi connectivity index (χ1n) is 9.26. The Bertz CT molecular complexity index is 782. The minimum atomic E-state index is -1.42. The maximum Gasteiger partial charge on any atom is 0.407 e. The van der Waals surface area contributed by atoms with Gasteiger partial charge in [0.25, 0.3) is 0 Å². The lowest BCUT2D eigenvalue weighted by Gasteiger charge is -2.21. The van der Waals surface area contributed by atoms with Gasteiger partial charge in [-0.1, -0.05) is 30.3 Å². The van der Waals surface area contributed by atoms with Crippen molar-refractivity contribution >= 4 is 6.09 Å². The predicted octanol–water partition coefficient (Wildman–Crippen LogP) is 2.94. The largest absolute Gasteiger partial charge is 0.493 e. The van der Waals surface area contributed by atoms with Crippen molar-refractivity contribution < 1.29 is 28.9 Å². The van der Waals surface area contributed by atoms with Crippen LogP contribution in [0.2, 0.25) is 0 Å². The quantitative estimate of drug-likeness (QED) is 0.614. The molecule has 1 amide bonds. The van der Waals surface area contributed by atoms with Crippen molar-refractivity contribution in [1.29, 1.82) is 0 Å². The second-order valence-electron chi connectivity index (χ2n) is 6.89. The summed E-state index contributed by atoms with van der Waals surface area (Å²) in [7, 11) is 0. The molecule has 2 aromatic rings. The fraction of sp³-hybridized carbons (Fsp3) is 0.381. The molecule has 0 aliphatic heterocycles. The standard InChI is InChI=1S/C21H24FNO5/c22-16-8-9-19(27-12-15-6-7-15)17(10-16)20(25)18(24)11-23-21(26)28-13-14-4-2-1-3-5-14/h1-5,8-10,15,18,20,24-25H,6-7,11-13H2,(H,23,26). The van der Waals surface area contributed by atoms with Gasteiger partial charge >= 0.3 is 6.09 Å². The van der Waals surface area contributed by atoms with Crippen molar-refractivity contribution in [3.63, 3.8) is 0 Å². The van der Waals surface area contributed by atoms with Gasteiger partial charge in [0.2, 0.25) is 0 Å². The van der Waals surface area contributed by atoms with Crippen molar-refractivity contribution in [3.8, 4) is 5.75 Å². The first-order valence-corrected chi connectivity index (χ1v) is 9.26. The van der Waals surface area contributed by atoms with Gasteiger partial charge in [-0.2, -0.15) is 0 Å². The van der Waals surface area contributed by atoms with Crippen LogP contribution >= 0.6 is 0 Å². The highest BCUT2D eigenvalue weighted by Crippen LogP contribution is 2.33. The smallest absolute Gasteiger partial charge is 0.407 e. The van der Waals surface area contributed by atoms with Crippen molar-refractivity contribution in [1.82, 2.24) is 5.32 Å². The van der Waals surface area contributed by atoms with Crippen LogP contribution in [0.25, 0.3) is 0 Å². The van der Waals surface area contributed by atoms with Crippen LogP contribution in [0.1, 0.15) is 30.1 Å². The minimum absolute atomic E-state index is 0.0916. The average Bonchev–Trinajstić information content (AvgIpc) is 3.54. The molecule has 3 N–H and O–H groups in total. The van der Waals surface area contributed by atoms with Crippen LogP contribution in [0.4, 0.5) is 9.18 Å². The number of hydrogen-bond acceptors (Lipinski definition) is 5. The van der Waals surface area contributed by atoms with E-state index in [0.29, 0.717) is 18.3 Å². The number of halogens is 1. The zero-order valence-corrected chi connectivity index (χ0v) is 15.4. The van der Waals surface area contributed by atoms with Crippen LogP contribution < -0.4 is 10.1 Å². The fourth-order valence-corrected chi connectivity index (χ4v) is 2.65. The first kappa shape index (κ1) is 20.1. The Morgan fingerprint density at radius 3 is 2.64 bits per heavy atom. The number of nitrogens with one attached hydrogen (secondary N) is 1. The number of carbonyl (C=O) groups is 1. The van der Waals surface area contributed by atoms with E-state index < -0.39 is 24.1 Å². The van der Waals surface area contributed by atoms with Gasteiger partial charge in [-0.25, -0.2) is 9.18 Å². The molecule has 6 nitrogen and oxygen atoms in total. The number of hydrogen-bond donors (Lipinski definition) is 3. The van der Waals surface area contributed by atoms with Crippen LogP contribution in [0.5, 0.6) is 5.75 Å². The Labute approximate surface area is 162 Å². The molecule has 1 aliphatic carbocycles. The van der Waals surface area contributed by atoms with Crippen molar-refractivity contribution in [2.45, 2.75) is 31.7 Å². The Morgan fingerprint density at radius 1 is 1.18 bits per heavy atom. The van der Waals surface area contributed by atoms with E-state index in [1.54, 1.807) is 0 Å². The topological polar surface area (TPSA) is 88.0 Å². The molecule has 0 radical (unpaired) electrons. The third-order valence-corrected chi connectivity index (χ3v) is 4.49. The summed E-state index contributed by atoms with van der Waals surface area (Å²) in [6, 6.07) is 13.0. The van der Waals surface area contributed by atoms with Crippen LogP contribution in [-0.4, -0.2) is 35.6 Å². The number of aliphatic hydroxyl groups excluding tert-OH is 2. The molecule has 0 heterocycles. The van der Waals surface area contributed by atoms with Crippen LogP contribution in [0.3, 0.4) is 0 Å². The molecule has 0 aromatic heterocycles. The van der Waals surface area contributed by atoms with E-state index in [-0.39, 0.29) is 18.7 Å². The molecule has 7 heteroatoms. The molecule has 3 rings (SSSR count). The SMILES string of the molecule is O=C(NCC(O)C(O)c1cc(F)ccc1OCC1CC1)OCc1ccccc1. The molecule has 2 aromatic carbocycles. The van der Waals surface area contributed by atoms with E-state index in [2.05, 4.69) is 5.32 Å². The normalized spacial score (nSPS) is 15.5. The molecule has 28 heavy (non-hydrogen) atoms. The van der Waals surface area contributed by atoms with E-state index >= 15 is 0 Å². The number of alkyl carbamates (subject to hydrolysis) is 1. The second kappa shape index (κ2) is 9.52. The summed E-state index contributed by atoms with van der Waals surface area (Å²) in [5, 5.41) is 23.0. The van der Waals surface area contributed by atoms with Crippen LogP contribution in [0.15, 0.2) is 48.5 Å². The Balaban J connectivity index is 1.51. The highest BCUT2D eigenvalue weighted by atomic mass is 19.1. The highest BCUT2D eigenvalue weighted by molar-refractivity contribution is 5.67. The van der Waals surface area contributed by atoms with Crippen LogP contribution in [0, 0.1) is 11.7 Å². The van der Waals surface area contributed by atoms with E-state index in [1.807, 2.05) is 30.3 Å². The van der Waals surface area contributed by atoms with E-state index in [0.717, 1.165) is 24.5 Å². The van der Waals surface area contributed by atoms with Gasteiger partial charge in [0.15, 0.2) is 0 Å². The highest BCUT2D eigenvalue weighted by Gasteiger charge is 2.26. The molecule has 150 valence electrons. The second-order valence-corrected chi connectivity index (χ2v) is 6.89. The molecular weight excluding hydrogens is 365 g/mol. The van der Waals surface area contributed by atoms with Gasteiger partial charge in [0.1, 0.15) is 30.4 Å². The van der Waals surface area contributed by atoms with Crippen LogP contribution in [-0.2, 0) is 11.3 Å².